The number of ether oxygens (including phenoxy) is 2. The monoisotopic (exact) mass is 305 g/mol. The van der Waals surface area contributed by atoms with Crippen molar-refractivity contribution >= 4 is 17.9 Å². The van der Waals surface area contributed by atoms with E-state index < -0.39 is 29.7 Å². The third kappa shape index (κ3) is 3.43. The predicted octanol–water partition coefficient (Wildman–Crippen LogP) is 1.12. The number of nitrogens with one attached hydrogen (secondary N) is 1. The Morgan fingerprint density at radius 2 is 1.73 bits per heavy atom. The summed E-state index contributed by atoms with van der Waals surface area (Å²) >= 11 is 0. The van der Waals surface area contributed by atoms with Crippen molar-refractivity contribution in [3.8, 4) is 0 Å². The van der Waals surface area contributed by atoms with Crippen molar-refractivity contribution in [1.82, 2.24) is 5.32 Å². The number of carbonyl (C=O) groups excluding carboxylic acids is 2. The minimum Gasteiger partial charge on any atom is -0.479 e. The number of hydrogen-bond donors (Lipinski definition) is 2. The van der Waals surface area contributed by atoms with E-state index >= 15 is 0 Å². The van der Waals surface area contributed by atoms with E-state index in [2.05, 4.69) is 5.32 Å². The quantitative estimate of drug-likeness (QED) is 0.488. The number of esters is 2. The fourth-order valence-electron chi connectivity index (χ4n) is 1.90. The van der Waals surface area contributed by atoms with Gasteiger partial charge in [0.05, 0.1) is 0 Å². The zero-order valence-electron chi connectivity index (χ0n) is 12.0. The van der Waals surface area contributed by atoms with Gasteiger partial charge in [0.25, 0.3) is 5.79 Å². The Balaban J connectivity index is 2.20. The number of carboxylic acids is 1. The summed E-state index contributed by atoms with van der Waals surface area (Å²) in [6.07, 6.45) is 1.01. The van der Waals surface area contributed by atoms with E-state index in [-0.39, 0.29) is 5.57 Å². The van der Waals surface area contributed by atoms with Gasteiger partial charge in [-0.2, -0.15) is 0 Å². The summed E-state index contributed by atoms with van der Waals surface area (Å²) in [5, 5.41) is 11.8. The van der Waals surface area contributed by atoms with Crippen molar-refractivity contribution in [2.75, 3.05) is 0 Å². The van der Waals surface area contributed by atoms with Crippen LogP contribution in [0.4, 0.5) is 0 Å². The molecule has 0 aromatic heterocycles. The van der Waals surface area contributed by atoms with Crippen molar-refractivity contribution in [2.45, 2.75) is 25.7 Å². The van der Waals surface area contributed by atoms with Crippen molar-refractivity contribution < 1.29 is 29.0 Å². The van der Waals surface area contributed by atoms with Gasteiger partial charge in [0.2, 0.25) is 0 Å². The molecule has 1 fully saturated rings. The first-order valence-electron chi connectivity index (χ1n) is 6.51. The van der Waals surface area contributed by atoms with Crippen molar-refractivity contribution in [1.29, 1.82) is 0 Å². The maximum Gasteiger partial charge on any atom is 0.350 e. The number of cyclic esters (lactones) is 2. The molecule has 22 heavy (non-hydrogen) atoms. The molecular formula is C15H15NO6. The highest BCUT2D eigenvalue weighted by Crippen LogP contribution is 2.22. The third-order valence-electron chi connectivity index (χ3n) is 2.89. The molecule has 2 N–H and O–H groups in total. The smallest absolute Gasteiger partial charge is 0.350 e. The Morgan fingerprint density at radius 3 is 2.23 bits per heavy atom. The third-order valence-corrected chi connectivity index (χ3v) is 2.89. The minimum absolute atomic E-state index is 0.387. The van der Waals surface area contributed by atoms with E-state index in [1.807, 2.05) is 0 Å². The van der Waals surface area contributed by atoms with Crippen LogP contribution in [-0.4, -0.2) is 28.8 Å². The van der Waals surface area contributed by atoms with Crippen LogP contribution in [0.1, 0.15) is 25.5 Å². The largest absolute Gasteiger partial charge is 0.479 e. The van der Waals surface area contributed by atoms with Crippen molar-refractivity contribution in [3.05, 3.63) is 47.7 Å². The minimum atomic E-state index is -1.34. The lowest BCUT2D eigenvalue weighted by molar-refractivity contribution is -0.222. The number of benzene rings is 1. The van der Waals surface area contributed by atoms with Crippen LogP contribution in [0.5, 0.6) is 0 Å². The Labute approximate surface area is 126 Å². The molecule has 7 heteroatoms. The Hall–Kier alpha value is -2.83. The van der Waals surface area contributed by atoms with Gasteiger partial charge in [-0.25, -0.2) is 14.4 Å². The molecule has 1 aromatic carbocycles. The molecule has 1 heterocycles. The van der Waals surface area contributed by atoms with Gasteiger partial charge in [-0.05, 0) is 5.56 Å². The lowest BCUT2D eigenvalue weighted by atomic mass is 10.1. The predicted molar refractivity (Wildman–Crippen MR) is 74.3 cm³/mol. The summed E-state index contributed by atoms with van der Waals surface area (Å²) in [6.45, 7) is 2.86. The molecule has 2 rings (SSSR count). The lowest BCUT2D eigenvalue weighted by Crippen LogP contribution is -2.42. The fourth-order valence-corrected chi connectivity index (χ4v) is 1.90. The van der Waals surface area contributed by atoms with Crippen LogP contribution in [0, 0.1) is 0 Å². The van der Waals surface area contributed by atoms with Crippen LogP contribution in [-0.2, 0) is 23.9 Å². The van der Waals surface area contributed by atoms with Crippen molar-refractivity contribution in [2.24, 2.45) is 0 Å². The van der Waals surface area contributed by atoms with E-state index in [0.717, 1.165) is 6.20 Å². The van der Waals surface area contributed by atoms with E-state index in [1.165, 1.54) is 13.8 Å². The summed E-state index contributed by atoms with van der Waals surface area (Å²) in [6, 6.07) is 7.25. The van der Waals surface area contributed by atoms with Gasteiger partial charge < -0.3 is 19.9 Å². The molecular weight excluding hydrogens is 290 g/mol. The van der Waals surface area contributed by atoms with Gasteiger partial charge in [-0.15, -0.1) is 0 Å². The molecule has 1 aliphatic heterocycles. The average Bonchev–Trinajstić information content (AvgIpc) is 2.41. The van der Waals surface area contributed by atoms with Crippen LogP contribution in [0.15, 0.2) is 42.1 Å². The molecule has 0 aliphatic carbocycles. The molecule has 0 bridgehead atoms. The molecule has 116 valence electrons. The summed E-state index contributed by atoms with van der Waals surface area (Å²) in [5.74, 6) is -4.23. The van der Waals surface area contributed by atoms with Crippen LogP contribution in [0.25, 0.3) is 0 Å². The van der Waals surface area contributed by atoms with Crippen LogP contribution in [0.3, 0.4) is 0 Å². The molecule has 0 spiro atoms. The number of carboxylic acid groups (broad SMARTS) is 1. The molecule has 0 radical (unpaired) electrons. The van der Waals surface area contributed by atoms with Gasteiger partial charge in [0.15, 0.2) is 5.57 Å². The van der Waals surface area contributed by atoms with Crippen LogP contribution < -0.4 is 5.32 Å². The van der Waals surface area contributed by atoms with Crippen molar-refractivity contribution in [3.63, 3.8) is 0 Å². The van der Waals surface area contributed by atoms with Gasteiger partial charge >= 0.3 is 17.9 Å². The molecule has 1 unspecified atom stereocenters. The highest BCUT2D eigenvalue weighted by atomic mass is 16.7. The number of rotatable bonds is 4. The van der Waals surface area contributed by atoms with E-state index in [0.29, 0.717) is 5.56 Å². The zero-order chi connectivity index (χ0) is 16.3. The SMILES string of the molecule is CC1(C)OC(=O)C(=CNC(C(=O)O)c2ccccc2)C(=O)O1. The molecule has 7 nitrogen and oxygen atoms in total. The second kappa shape index (κ2) is 5.88. The van der Waals surface area contributed by atoms with Crippen LogP contribution >= 0.6 is 0 Å². The molecule has 1 atom stereocenters. The Kier molecular flexibility index (Phi) is 4.16. The van der Waals surface area contributed by atoms with Gasteiger partial charge in [-0.3, -0.25) is 0 Å². The number of carbonyl (C=O) groups is 3. The highest BCUT2D eigenvalue weighted by molar-refractivity contribution is 6.15. The first kappa shape index (κ1) is 15.6. The summed E-state index contributed by atoms with van der Waals surface area (Å²) < 4.78 is 9.83. The van der Waals surface area contributed by atoms with Gasteiger partial charge in [0.1, 0.15) is 6.04 Å². The Morgan fingerprint density at radius 1 is 1.18 bits per heavy atom. The molecule has 0 amide bonds. The van der Waals surface area contributed by atoms with E-state index in [9.17, 15) is 19.5 Å². The Bertz CT molecular complexity index is 613. The van der Waals surface area contributed by atoms with E-state index in [4.69, 9.17) is 9.47 Å². The highest BCUT2D eigenvalue weighted by Gasteiger charge is 2.39. The summed E-state index contributed by atoms with van der Waals surface area (Å²) in [4.78, 5) is 34.8. The van der Waals surface area contributed by atoms with E-state index in [1.54, 1.807) is 30.3 Å². The topological polar surface area (TPSA) is 102 Å². The maximum atomic E-state index is 11.8. The second-order valence-corrected chi connectivity index (χ2v) is 5.09. The maximum absolute atomic E-state index is 11.8. The standard InChI is InChI=1S/C15H15NO6/c1-15(2)21-13(19)10(14(20)22-15)8-16-11(12(17)18)9-6-4-3-5-7-9/h3-8,11,16H,1-2H3,(H,17,18). The van der Waals surface area contributed by atoms with Crippen LogP contribution in [0.2, 0.25) is 0 Å². The van der Waals surface area contributed by atoms with Gasteiger partial charge in [0, 0.05) is 20.0 Å². The summed E-state index contributed by atoms with van der Waals surface area (Å²) in [5.41, 5.74) is 0.0891. The number of hydrogen-bond acceptors (Lipinski definition) is 6. The summed E-state index contributed by atoms with van der Waals surface area (Å²) in [7, 11) is 0. The molecule has 1 aliphatic rings. The average molecular weight is 305 g/mol. The first-order valence-corrected chi connectivity index (χ1v) is 6.51. The fraction of sp³-hybridized carbons (Fsp3) is 0.267. The molecule has 0 saturated carbocycles. The number of aliphatic carboxylic acids is 1. The lowest BCUT2D eigenvalue weighted by Gasteiger charge is -2.29. The second-order valence-electron chi connectivity index (χ2n) is 5.09. The normalized spacial score (nSPS) is 18.0. The van der Waals surface area contributed by atoms with Gasteiger partial charge in [-0.1, -0.05) is 30.3 Å². The first-order chi connectivity index (χ1) is 10.3. The molecule has 1 aromatic rings. The zero-order valence-corrected chi connectivity index (χ0v) is 12.0. The molecule has 1 saturated heterocycles.